The molecule has 0 aliphatic heterocycles. The second kappa shape index (κ2) is 2.43. The molecule has 0 amide bonds. The van der Waals surface area contributed by atoms with E-state index in [0.717, 1.165) is 0 Å². The summed E-state index contributed by atoms with van der Waals surface area (Å²) >= 11 is 0. The number of hydrogen-bond acceptors (Lipinski definition) is 0. The largest absolute Gasteiger partial charge is 0.113 e. The quantitative estimate of drug-likeness (QED) is 0.365. The van der Waals surface area contributed by atoms with Gasteiger partial charge in [0.1, 0.15) is 0 Å². The lowest BCUT2D eigenvalue weighted by Gasteiger charge is -1.89. The van der Waals surface area contributed by atoms with Crippen molar-refractivity contribution in [3.8, 4) is 0 Å². The standard InChI is InChI=1S/C2H4B3/c1-2(3)5-4/h2H,1H3. The minimum atomic E-state index is 0.0370. The molecule has 0 N–H and O–H groups in total. The van der Waals surface area contributed by atoms with E-state index in [9.17, 15) is 0 Å². The molecule has 0 bridgehead atoms. The van der Waals surface area contributed by atoms with E-state index < -0.39 is 0 Å². The van der Waals surface area contributed by atoms with Crippen LogP contribution >= 0.6 is 0 Å². The van der Waals surface area contributed by atoms with Gasteiger partial charge in [-0.2, -0.15) is 0 Å². The van der Waals surface area contributed by atoms with Gasteiger partial charge in [-0.15, -0.1) is 5.72 Å². The van der Waals surface area contributed by atoms with E-state index in [-0.39, 0.29) is 5.72 Å². The van der Waals surface area contributed by atoms with E-state index in [1.165, 1.54) is 7.17 Å². The molecule has 0 aromatic heterocycles. The highest BCUT2D eigenvalue weighted by atomic mass is 13.5. The Morgan fingerprint density at radius 1 is 1.80 bits per heavy atom. The third-order valence-corrected chi connectivity index (χ3v) is 0.304. The molecule has 0 aromatic carbocycles. The van der Waals surface area contributed by atoms with Gasteiger partial charge in [-0.1, -0.05) is 6.92 Å². The van der Waals surface area contributed by atoms with Gasteiger partial charge < -0.3 is 0 Å². The first-order chi connectivity index (χ1) is 2.27. The Labute approximate surface area is 36.4 Å². The first-order valence-electron chi connectivity index (χ1n) is 1.58. The van der Waals surface area contributed by atoms with Crippen LogP contribution in [-0.4, -0.2) is 22.8 Å². The van der Waals surface area contributed by atoms with Crippen molar-refractivity contribution in [3.05, 3.63) is 0 Å². The maximum absolute atomic E-state index is 5.11. The molecule has 0 spiro atoms. The SMILES string of the molecule is [B][B]C([B])C. The molecule has 3 heteroatoms. The van der Waals surface area contributed by atoms with Crippen LogP contribution in [-0.2, 0) is 0 Å². The van der Waals surface area contributed by atoms with Gasteiger partial charge in [0.2, 0.25) is 0 Å². The van der Waals surface area contributed by atoms with Gasteiger partial charge in [-0.25, -0.2) is 0 Å². The van der Waals surface area contributed by atoms with Crippen LogP contribution in [0.1, 0.15) is 6.92 Å². The highest BCUT2D eigenvalue weighted by Crippen LogP contribution is 1.83. The maximum atomic E-state index is 5.11. The van der Waals surface area contributed by atoms with Crippen LogP contribution in [0.3, 0.4) is 0 Å². The Morgan fingerprint density at radius 2 is 2.00 bits per heavy atom. The summed E-state index contributed by atoms with van der Waals surface area (Å²) in [6.45, 7) is 1.82. The van der Waals surface area contributed by atoms with Gasteiger partial charge in [-0.05, 0) is 0 Å². The average molecular weight is 60.5 g/mol. The Hall–Kier alpha value is 0.195. The van der Waals surface area contributed by atoms with Crippen LogP contribution in [0.5, 0.6) is 0 Å². The molecule has 5 radical (unpaired) electrons. The number of rotatable bonds is 1. The average Bonchev–Trinajstić information content (AvgIpc) is 1.38. The molecule has 0 fully saturated rings. The lowest BCUT2D eigenvalue weighted by Crippen LogP contribution is -1.96. The molecule has 0 aromatic rings. The molecule has 0 saturated carbocycles. The van der Waals surface area contributed by atoms with Crippen molar-refractivity contribution >= 4 is 22.8 Å². The van der Waals surface area contributed by atoms with Crippen molar-refractivity contribution < 1.29 is 0 Å². The van der Waals surface area contributed by atoms with E-state index in [1.807, 2.05) is 6.92 Å². The zero-order chi connectivity index (χ0) is 4.28. The Bertz CT molecular complexity index is 18.9. The van der Waals surface area contributed by atoms with Gasteiger partial charge in [0.15, 0.2) is 0 Å². The summed E-state index contributed by atoms with van der Waals surface area (Å²) in [5.41, 5.74) is 0.0370. The van der Waals surface area contributed by atoms with Gasteiger partial charge in [0.05, 0.1) is 7.85 Å². The second-order valence-electron chi connectivity index (χ2n) is 1.05. The Balaban J connectivity index is 2.54. The first kappa shape index (κ1) is 5.19. The van der Waals surface area contributed by atoms with E-state index >= 15 is 0 Å². The third-order valence-electron chi connectivity index (χ3n) is 0.304. The lowest BCUT2D eigenvalue weighted by molar-refractivity contribution is 1.36. The van der Waals surface area contributed by atoms with Crippen LogP contribution in [0, 0.1) is 0 Å². The van der Waals surface area contributed by atoms with Crippen LogP contribution in [0.4, 0.5) is 0 Å². The molecular formula is C2H4B3. The van der Waals surface area contributed by atoms with Crippen molar-refractivity contribution in [3.63, 3.8) is 0 Å². The van der Waals surface area contributed by atoms with Crippen molar-refractivity contribution in [1.82, 2.24) is 0 Å². The highest BCUT2D eigenvalue weighted by Gasteiger charge is 1.81. The van der Waals surface area contributed by atoms with E-state index in [4.69, 9.17) is 15.6 Å². The predicted octanol–water partition coefficient (Wildman–Crippen LogP) is -0.292. The second-order valence-corrected chi connectivity index (χ2v) is 1.05. The van der Waals surface area contributed by atoms with E-state index in [0.29, 0.717) is 0 Å². The molecule has 0 nitrogen and oxygen atoms in total. The van der Waals surface area contributed by atoms with Gasteiger partial charge in [0.25, 0.3) is 0 Å². The summed E-state index contributed by atoms with van der Waals surface area (Å²) in [5.74, 6) is 0. The molecule has 0 aliphatic rings. The normalized spacial score (nSPS) is 13.8. The van der Waals surface area contributed by atoms with Gasteiger partial charge in [0, 0.05) is 14.9 Å². The molecule has 21 valence electrons. The fourth-order valence-corrected chi connectivity index (χ4v) is 0. The zero-order valence-electron chi connectivity index (χ0n) is 3.31. The lowest BCUT2D eigenvalue weighted by atomic mass is 9.42. The minimum Gasteiger partial charge on any atom is -0.113 e. The summed E-state index contributed by atoms with van der Waals surface area (Å²) in [6.07, 6.45) is 0. The van der Waals surface area contributed by atoms with Gasteiger partial charge >= 0.3 is 0 Å². The molecule has 0 heterocycles. The van der Waals surface area contributed by atoms with Crippen LogP contribution in [0.15, 0.2) is 0 Å². The Morgan fingerprint density at radius 3 is 2.00 bits per heavy atom. The molecule has 0 aliphatic carbocycles. The maximum Gasteiger partial charge on any atom is 0.0571 e. The summed E-state index contributed by atoms with van der Waals surface area (Å²) < 4.78 is 0. The van der Waals surface area contributed by atoms with Crippen molar-refractivity contribution in [2.45, 2.75) is 12.6 Å². The topological polar surface area (TPSA) is 0 Å². The van der Waals surface area contributed by atoms with Crippen LogP contribution < -0.4 is 0 Å². The van der Waals surface area contributed by atoms with E-state index in [1.54, 1.807) is 0 Å². The van der Waals surface area contributed by atoms with Crippen LogP contribution in [0.25, 0.3) is 0 Å². The number of hydrogen-bond donors (Lipinski definition) is 0. The minimum absolute atomic E-state index is 0.0370. The molecule has 1 atom stereocenters. The fourth-order valence-electron chi connectivity index (χ4n) is 0. The molecular weight excluding hydrogens is 56.5 g/mol. The molecule has 0 saturated heterocycles. The fraction of sp³-hybridized carbons (Fsp3) is 1.00. The van der Waals surface area contributed by atoms with Crippen molar-refractivity contribution in [1.29, 1.82) is 0 Å². The third kappa shape index (κ3) is 4.19. The Kier molecular flexibility index (Phi) is 2.53. The van der Waals surface area contributed by atoms with Crippen LogP contribution in [0.2, 0.25) is 5.72 Å². The predicted molar refractivity (Wildman–Crippen MR) is 26.7 cm³/mol. The first-order valence-corrected chi connectivity index (χ1v) is 1.58. The van der Waals surface area contributed by atoms with E-state index in [2.05, 4.69) is 0 Å². The monoisotopic (exact) mass is 61.1 g/mol. The summed E-state index contributed by atoms with van der Waals surface area (Å²) in [5, 5.41) is 0. The molecule has 5 heavy (non-hydrogen) atoms. The molecule has 1 unspecified atom stereocenters. The zero-order valence-corrected chi connectivity index (χ0v) is 3.31. The highest BCUT2D eigenvalue weighted by molar-refractivity contribution is 6.93. The molecule has 0 rings (SSSR count). The summed E-state index contributed by atoms with van der Waals surface area (Å²) in [6, 6.07) is 0. The summed E-state index contributed by atoms with van der Waals surface area (Å²) in [4.78, 5) is 0. The van der Waals surface area contributed by atoms with Crippen molar-refractivity contribution in [2.75, 3.05) is 0 Å². The smallest absolute Gasteiger partial charge is 0.0571 e. The summed E-state index contributed by atoms with van der Waals surface area (Å²) in [7, 11) is 11.5. The van der Waals surface area contributed by atoms with Gasteiger partial charge in [-0.3, -0.25) is 0 Å². The van der Waals surface area contributed by atoms with Crippen molar-refractivity contribution in [2.24, 2.45) is 0 Å².